The molecular weight excluding hydrogens is 773 g/mol. The fourth-order valence-electron chi connectivity index (χ4n) is 7.98. The van der Waals surface area contributed by atoms with Crippen LogP contribution < -0.4 is 16.0 Å². The molecule has 0 aromatic heterocycles. The van der Waals surface area contributed by atoms with Crippen molar-refractivity contribution >= 4 is 26.2 Å². The molecule has 2 aromatic carbocycles. The number of carbonyl (C=O) groups excluding carboxylic acids is 3. The van der Waals surface area contributed by atoms with Crippen molar-refractivity contribution in [3.8, 4) is 0 Å². The molecule has 60 heavy (non-hydrogen) atoms. The highest BCUT2D eigenvalue weighted by molar-refractivity contribution is 6.74. The Morgan fingerprint density at radius 2 is 1.40 bits per heavy atom. The van der Waals surface area contributed by atoms with Crippen molar-refractivity contribution in [1.82, 2.24) is 20.9 Å². The maximum atomic E-state index is 15.0. The molecule has 2 saturated heterocycles. The van der Waals surface area contributed by atoms with Gasteiger partial charge in [0.15, 0.2) is 14.1 Å². The first-order valence-corrected chi connectivity index (χ1v) is 25.1. The van der Waals surface area contributed by atoms with Gasteiger partial charge < -0.3 is 39.5 Å². The Balaban J connectivity index is 1.78. The fourth-order valence-corrected chi connectivity index (χ4v) is 9.35. The Morgan fingerprint density at radius 1 is 0.833 bits per heavy atom. The third kappa shape index (κ3) is 13.1. The first kappa shape index (κ1) is 49.4. The first-order valence-electron chi connectivity index (χ1n) is 22.2. The summed E-state index contributed by atoms with van der Waals surface area (Å²) in [4.78, 5) is 44.7. The van der Waals surface area contributed by atoms with E-state index in [1.807, 2.05) is 89.0 Å². The van der Waals surface area contributed by atoms with Crippen molar-refractivity contribution in [3.63, 3.8) is 0 Å². The SMILES string of the molecule is CNC1CCN(C(=O)[C@@H](NC(=O)[C@H](Cc2ccc(C3(C(C)(C)C)OCCO3)cc2)C[C@H](O[Si](C)(C)C(C)(C)C)[C@H](Cc2ccccc2)NC(=O)OC(C)(C)C)C(C)C)CC1. The molecule has 2 aliphatic heterocycles. The van der Waals surface area contributed by atoms with E-state index in [1.165, 1.54) is 0 Å². The zero-order valence-corrected chi connectivity index (χ0v) is 40.3. The molecule has 0 bridgehead atoms. The normalized spacial score (nSPS) is 18.8. The van der Waals surface area contributed by atoms with Crippen LogP contribution in [0.3, 0.4) is 0 Å². The van der Waals surface area contributed by atoms with Crippen LogP contribution >= 0.6 is 0 Å². The molecule has 12 heteroatoms. The first-order chi connectivity index (χ1) is 27.9. The highest BCUT2D eigenvalue weighted by atomic mass is 28.4. The van der Waals surface area contributed by atoms with E-state index in [0.29, 0.717) is 45.2 Å². The molecule has 11 nitrogen and oxygen atoms in total. The van der Waals surface area contributed by atoms with Crippen LogP contribution in [0, 0.1) is 17.3 Å². The zero-order chi connectivity index (χ0) is 44.7. The summed E-state index contributed by atoms with van der Waals surface area (Å²) in [6.07, 6.45) is 1.75. The van der Waals surface area contributed by atoms with Gasteiger partial charge in [0.1, 0.15) is 11.6 Å². The molecule has 0 unspecified atom stereocenters. The molecule has 3 amide bonds. The zero-order valence-electron chi connectivity index (χ0n) is 39.3. The van der Waals surface area contributed by atoms with Gasteiger partial charge in [0.2, 0.25) is 11.8 Å². The Hall–Kier alpha value is -3.29. The summed E-state index contributed by atoms with van der Waals surface area (Å²) in [6, 6.07) is 17.4. The van der Waals surface area contributed by atoms with Crippen molar-refractivity contribution in [2.24, 2.45) is 17.3 Å². The van der Waals surface area contributed by atoms with E-state index in [1.54, 1.807) is 0 Å². The van der Waals surface area contributed by atoms with Gasteiger partial charge in [-0.15, -0.1) is 0 Å². The van der Waals surface area contributed by atoms with Crippen LogP contribution in [0.25, 0.3) is 0 Å². The van der Waals surface area contributed by atoms with E-state index in [-0.39, 0.29) is 34.6 Å². The highest BCUT2D eigenvalue weighted by Crippen LogP contribution is 2.46. The largest absolute Gasteiger partial charge is 0.444 e. The second-order valence-corrected chi connectivity index (χ2v) is 25.6. The summed E-state index contributed by atoms with van der Waals surface area (Å²) in [5.74, 6) is -1.91. The molecule has 2 aliphatic rings. The number of benzene rings is 2. The number of amides is 3. The summed E-state index contributed by atoms with van der Waals surface area (Å²) in [6.45, 7) is 29.1. The van der Waals surface area contributed by atoms with Gasteiger partial charge in [-0.05, 0) is 95.1 Å². The van der Waals surface area contributed by atoms with Gasteiger partial charge in [0.25, 0.3) is 0 Å². The molecule has 4 atom stereocenters. The van der Waals surface area contributed by atoms with Crippen molar-refractivity contribution in [1.29, 1.82) is 0 Å². The number of carbonyl (C=O) groups is 3. The molecule has 2 aromatic rings. The molecule has 0 spiro atoms. The van der Waals surface area contributed by atoms with Gasteiger partial charge in [-0.2, -0.15) is 0 Å². The number of hydrogen-bond donors (Lipinski definition) is 3. The minimum Gasteiger partial charge on any atom is -0.444 e. The van der Waals surface area contributed by atoms with Crippen molar-refractivity contribution in [3.05, 3.63) is 71.3 Å². The lowest BCUT2D eigenvalue weighted by Gasteiger charge is -2.42. The molecule has 2 fully saturated rings. The fraction of sp³-hybridized carbons (Fsp3) is 0.688. The average molecular weight is 851 g/mol. The molecule has 0 aliphatic carbocycles. The quantitative estimate of drug-likeness (QED) is 0.144. The van der Waals surface area contributed by atoms with Crippen LogP contribution in [0.5, 0.6) is 0 Å². The summed E-state index contributed by atoms with van der Waals surface area (Å²) in [5.41, 5.74) is 1.86. The molecule has 0 saturated carbocycles. The van der Waals surface area contributed by atoms with E-state index >= 15 is 4.79 Å². The van der Waals surface area contributed by atoms with Crippen molar-refractivity contribution in [2.75, 3.05) is 33.4 Å². The summed E-state index contributed by atoms with van der Waals surface area (Å²) < 4.78 is 25.7. The highest BCUT2D eigenvalue weighted by Gasteiger charge is 2.49. The number of rotatable bonds is 16. The predicted molar refractivity (Wildman–Crippen MR) is 242 cm³/mol. The third-order valence-corrected chi connectivity index (χ3v) is 17.0. The van der Waals surface area contributed by atoms with E-state index in [0.717, 1.165) is 29.5 Å². The van der Waals surface area contributed by atoms with E-state index in [4.69, 9.17) is 18.6 Å². The Labute approximate surface area is 362 Å². The van der Waals surface area contributed by atoms with E-state index in [2.05, 4.69) is 82.7 Å². The van der Waals surface area contributed by atoms with Gasteiger partial charge in [-0.25, -0.2) is 4.79 Å². The number of piperidine rings is 1. The van der Waals surface area contributed by atoms with Crippen LogP contribution in [0.4, 0.5) is 4.79 Å². The number of nitrogens with one attached hydrogen (secondary N) is 3. The van der Waals surface area contributed by atoms with E-state index < -0.39 is 49.9 Å². The van der Waals surface area contributed by atoms with Gasteiger partial charge >= 0.3 is 6.09 Å². The topological polar surface area (TPSA) is 127 Å². The second-order valence-electron chi connectivity index (χ2n) is 20.9. The number of ether oxygens (including phenoxy) is 3. The Morgan fingerprint density at radius 3 is 1.90 bits per heavy atom. The maximum absolute atomic E-state index is 15.0. The number of hydrogen-bond acceptors (Lipinski definition) is 8. The molecular formula is C48H78N4O7Si. The third-order valence-electron chi connectivity index (χ3n) is 12.5. The van der Waals surface area contributed by atoms with Crippen LogP contribution in [0.15, 0.2) is 54.6 Å². The molecule has 0 radical (unpaired) electrons. The minimum absolute atomic E-state index is 0.0531. The Bertz CT molecular complexity index is 1680. The van der Waals surface area contributed by atoms with Crippen LogP contribution in [0.1, 0.15) is 112 Å². The molecule has 2 heterocycles. The van der Waals surface area contributed by atoms with Gasteiger partial charge in [-0.1, -0.05) is 110 Å². The number of nitrogens with zero attached hydrogens (tertiary/aromatic N) is 1. The minimum atomic E-state index is -2.51. The standard InChI is InChI=1S/C48H78N4O7Si/c1-33(2)41(43(54)52-26-24-38(49-12)25-27-52)51-42(53)36(30-35-20-22-37(23-21-35)48(45(3,4)5)56-28-29-57-48)32-40(59-60(13,14)47(9,10)11)39(31-34-18-16-15-17-19-34)50-44(55)58-46(6,7)8/h15-23,33,36,38-41,49H,24-32H2,1-14H3,(H,50,55)(H,51,53)/t36-,39+,40+,41+/m1/s1. The summed E-state index contributed by atoms with van der Waals surface area (Å²) in [7, 11) is -0.546. The molecule has 4 rings (SSSR count). The van der Waals surface area contributed by atoms with Crippen LogP contribution in [-0.2, 0) is 46.9 Å². The summed E-state index contributed by atoms with van der Waals surface area (Å²) >= 11 is 0. The van der Waals surface area contributed by atoms with Gasteiger partial charge in [0, 0.05) is 36.0 Å². The van der Waals surface area contributed by atoms with Gasteiger partial charge in [0.05, 0.1) is 25.4 Å². The van der Waals surface area contributed by atoms with Crippen LogP contribution in [0.2, 0.25) is 18.1 Å². The number of alkyl carbamates (subject to hydrolysis) is 1. The molecule has 3 N–H and O–H groups in total. The molecule has 336 valence electrons. The van der Waals surface area contributed by atoms with E-state index in [9.17, 15) is 9.59 Å². The van der Waals surface area contributed by atoms with Gasteiger partial charge in [-0.3, -0.25) is 9.59 Å². The average Bonchev–Trinajstić information content (AvgIpc) is 3.67. The number of likely N-dealkylation sites (tertiary alicyclic amines) is 1. The Kier molecular flexibility index (Phi) is 16.7. The lowest BCUT2D eigenvalue weighted by molar-refractivity contribution is -0.232. The smallest absolute Gasteiger partial charge is 0.407 e. The maximum Gasteiger partial charge on any atom is 0.407 e. The monoisotopic (exact) mass is 851 g/mol. The second kappa shape index (κ2) is 20.3. The van der Waals surface area contributed by atoms with Crippen molar-refractivity contribution < 1.29 is 33.0 Å². The van der Waals surface area contributed by atoms with Crippen molar-refractivity contribution in [2.45, 2.75) is 162 Å². The lowest BCUT2D eigenvalue weighted by atomic mass is 9.80. The van der Waals surface area contributed by atoms with Crippen LogP contribution in [-0.4, -0.2) is 94.3 Å². The summed E-state index contributed by atoms with van der Waals surface area (Å²) in [5, 5.41) is 9.64. The predicted octanol–water partition coefficient (Wildman–Crippen LogP) is 8.36. The lowest BCUT2D eigenvalue weighted by Crippen LogP contribution is -2.56.